The molecule has 3 amide bonds. The Labute approximate surface area is 271 Å². The van der Waals surface area contributed by atoms with E-state index in [1.165, 1.54) is 0 Å². The van der Waals surface area contributed by atoms with Crippen molar-refractivity contribution in [2.45, 2.75) is 69.7 Å². The van der Waals surface area contributed by atoms with Gasteiger partial charge < -0.3 is 24.5 Å². The van der Waals surface area contributed by atoms with Crippen LogP contribution in [0.2, 0.25) is 5.02 Å². The zero-order chi connectivity index (χ0) is 32.1. The highest BCUT2D eigenvalue weighted by atomic mass is 35.5. The molecule has 1 N–H and O–H groups in total. The van der Waals surface area contributed by atoms with Crippen molar-refractivity contribution in [2.24, 2.45) is 11.8 Å². The lowest BCUT2D eigenvalue weighted by Crippen LogP contribution is -2.56. The highest BCUT2D eigenvalue weighted by molar-refractivity contribution is 6.34. The third kappa shape index (κ3) is 6.20. The number of anilines is 1. The van der Waals surface area contributed by atoms with Gasteiger partial charge >= 0.3 is 0 Å². The number of hydrogen-bond acceptors (Lipinski definition) is 5. The summed E-state index contributed by atoms with van der Waals surface area (Å²) in [5, 5.41) is 9.68. The number of aliphatic hydroxyl groups excluding tert-OH is 1. The largest absolute Gasteiger partial charge is 0.396 e. The number of hydrogen-bond donors (Lipinski definition) is 1. The second-order valence-corrected chi connectivity index (χ2v) is 12.8. The normalized spacial score (nSPS) is 24.9. The van der Waals surface area contributed by atoms with Gasteiger partial charge in [-0.25, -0.2) is 0 Å². The molecule has 240 valence electrons. The predicted octanol–water partition coefficient (Wildman–Crippen LogP) is 5.31. The Morgan fingerprint density at radius 2 is 1.78 bits per heavy atom. The van der Waals surface area contributed by atoms with Crippen LogP contribution in [0.5, 0.6) is 0 Å². The quantitative estimate of drug-likeness (QED) is 0.212. The molecule has 2 aromatic rings. The molecule has 8 nitrogen and oxygen atoms in total. The number of nitrogens with zero attached hydrogens (tertiary/aromatic N) is 3. The molecule has 1 spiro atoms. The molecule has 5 atom stereocenters. The number of benzene rings is 2. The average molecular weight is 634 g/mol. The number of unbranched alkanes of at least 4 members (excludes halogenated alkanes) is 3. The molecular formula is C36H44ClN3O5. The molecule has 3 fully saturated rings. The number of carbonyl (C=O) groups is 3. The lowest BCUT2D eigenvalue weighted by Gasteiger charge is -2.37. The van der Waals surface area contributed by atoms with Crippen molar-refractivity contribution in [3.8, 4) is 0 Å². The summed E-state index contributed by atoms with van der Waals surface area (Å²) in [5.74, 6) is -2.10. The second-order valence-electron chi connectivity index (χ2n) is 12.4. The summed E-state index contributed by atoms with van der Waals surface area (Å²) >= 11 is 6.67. The van der Waals surface area contributed by atoms with E-state index in [1.807, 2.05) is 49.4 Å². The number of halogens is 1. The first-order chi connectivity index (χ1) is 21.8. The number of aliphatic hydroxyl groups is 1. The predicted molar refractivity (Wildman–Crippen MR) is 176 cm³/mol. The Kier molecular flexibility index (Phi) is 10.5. The van der Waals surface area contributed by atoms with Gasteiger partial charge in [0.2, 0.25) is 11.8 Å². The van der Waals surface area contributed by atoms with Gasteiger partial charge in [-0.1, -0.05) is 79.1 Å². The maximum Gasteiger partial charge on any atom is 0.253 e. The molecule has 45 heavy (non-hydrogen) atoms. The van der Waals surface area contributed by atoms with Crippen LogP contribution in [0.25, 0.3) is 0 Å². The van der Waals surface area contributed by atoms with Gasteiger partial charge in [0, 0.05) is 32.8 Å². The summed E-state index contributed by atoms with van der Waals surface area (Å²) in [6.07, 6.45) is 6.99. The highest BCUT2D eigenvalue weighted by Gasteiger charge is 2.74. The van der Waals surface area contributed by atoms with Crippen molar-refractivity contribution in [3.05, 3.63) is 90.0 Å². The van der Waals surface area contributed by atoms with Gasteiger partial charge in [-0.2, -0.15) is 0 Å². The molecule has 2 unspecified atom stereocenters. The summed E-state index contributed by atoms with van der Waals surface area (Å²) in [6, 6.07) is 14.3. The van der Waals surface area contributed by atoms with Crippen molar-refractivity contribution in [1.82, 2.24) is 9.80 Å². The van der Waals surface area contributed by atoms with Crippen molar-refractivity contribution in [3.63, 3.8) is 0 Å². The number of rotatable bonds is 15. The smallest absolute Gasteiger partial charge is 0.253 e. The van der Waals surface area contributed by atoms with E-state index in [2.05, 4.69) is 13.2 Å². The summed E-state index contributed by atoms with van der Waals surface area (Å²) < 4.78 is 6.72. The fourth-order valence-corrected chi connectivity index (χ4v) is 7.96. The maximum absolute atomic E-state index is 14.8. The van der Waals surface area contributed by atoms with Crippen molar-refractivity contribution in [2.75, 3.05) is 31.1 Å². The van der Waals surface area contributed by atoms with Gasteiger partial charge in [0.05, 0.1) is 28.6 Å². The Morgan fingerprint density at radius 1 is 1.04 bits per heavy atom. The standard InChI is InChI=1S/C36H44ClN3O5/c1-4-20-38(24-26-15-9-8-10-16-26)33(42)29-28-18-19-36(45-28)30(29)34(43)40(22-11-6-7-12-23-41)32(36)35(44)39(21-5-2)31-25(3)14-13-17-27(31)37/h4-5,8-10,13-17,28-30,32,41H,1-2,6-7,11-12,18-24H2,3H3/t28-,29+,30+,32?,36?/m1/s1. The second kappa shape index (κ2) is 14.3. The van der Waals surface area contributed by atoms with E-state index >= 15 is 0 Å². The van der Waals surface area contributed by atoms with Crippen LogP contribution in [0.1, 0.15) is 49.7 Å². The van der Waals surface area contributed by atoms with E-state index in [1.54, 1.807) is 32.9 Å². The van der Waals surface area contributed by atoms with Crippen molar-refractivity contribution < 1.29 is 24.2 Å². The molecule has 9 heteroatoms. The molecule has 2 aromatic carbocycles. The average Bonchev–Trinajstić information content (AvgIpc) is 3.67. The van der Waals surface area contributed by atoms with Crippen LogP contribution in [-0.2, 0) is 25.7 Å². The molecule has 0 aliphatic carbocycles. The molecule has 0 saturated carbocycles. The minimum atomic E-state index is -1.12. The summed E-state index contributed by atoms with van der Waals surface area (Å²) in [4.78, 5) is 48.7. The van der Waals surface area contributed by atoms with Crippen LogP contribution in [-0.4, -0.2) is 76.6 Å². The first kappa shape index (κ1) is 32.9. The minimum absolute atomic E-state index is 0.117. The van der Waals surface area contributed by atoms with E-state index in [-0.39, 0.29) is 30.9 Å². The van der Waals surface area contributed by atoms with Crippen LogP contribution in [0, 0.1) is 18.8 Å². The molecule has 3 aliphatic rings. The van der Waals surface area contributed by atoms with Crippen LogP contribution in [0.4, 0.5) is 5.69 Å². The van der Waals surface area contributed by atoms with Crippen molar-refractivity contribution in [1.29, 1.82) is 0 Å². The van der Waals surface area contributed by atoms with Gasteiger partial charge in [0.15, 0.2) is 0 Å². The molecule has 3 saturated heterocycles. The lowest BCUT2D eigenvalue weighted by molar-refractivity contribution is -0.145. The Balaban J connectivity index is 1.52. The fourth-order valence-electron chi connectivity index (χ4n) is 7.64. The lowest BCUT2D eigenvalue weighted by atomic mass is 9.70. The van der Waals surface area contributed by atoms with Crippen LogP contribution < -0.4 is 4.90 Å². The van der Waals surface area contributed by atoms with E-state index < -0.39 is 29.6 Å². The van der Waals surface area contributed by atoms with Crippen molar-refractivity contribution >= 4 is 35.0 Å². The Hall–Kier alpha value is -3.46. The number of ether oxygens (including phenoxy) is 1. The molecule has 2 bridgehead atoms. The van der Waals surface area contributed by atoms with Crippen LogP contribution >= 0.6 is 11.6 Å². The van der Waals surface area contributed by atoms with E-state index in [4.69, 9.17) is 16.3 Å². The van der Waals surface area contributed by atoms with Gasteiger partial charge in [0.25, 0.3) is 5.91 Å². The molecule has 3 aliphatic heterocycles. The molecule has 0 aromatic heterocycles. The number of para-hydroxylation sites is 1. The first-order valence-corrected chi connectivity index (χ1v) is 16.4. The van der Waals surface area contributed by atoms with E-state index in [0.717, 1.165) is 24.0 Å². The van der Waals surface area contributed by atoms with Gasteiger partial charge in [0.1, 0.15) is 11.6 Å². The maximum atomic E-state index is 14.8. The monoisotopic (exact) mass is 633 g/mol. The highest BCUT2D eigenvalue weighted by Crippen LogP contribution is 2.59. The number of fused-ring (bicyclic) bond motifs is 1. The molecule has 3 heterocycles. The summed E-state index contributed by atoms with van der Waals surface area (Å²) in [7, 11) is 0. The van der Waals surface area contributed by atoms with Gasteiger partial charge in [-0.3, -0.25) is 14.4 Å². The zero-order valence-corrected chi connectivity index (χ0v) is 26.8. The SMILES string of the molecule is C=CCN(Cc1ccccc1)C(=O)[C@@H]1[C@H]2C(=O)N(CCCCCCO)C(C(=O)N(CC=C)c3c(C)cccc3Cl)C23CC[C@H]1O3. The Bertz CT molecular complexity index is 1400. The van der Waals surface area contributed by atoms with Crippen LogP contribution in [0.3, 0.4) is 0 Å². The third-order valence-corrected chi connectivity index (χ3v) is 9.84. The first-order valence-electron chi connectivity index (χ1n) is 16.0. The molecular weight excluding hydrogens is 590 g/mol. The topological polar surface area (TPSA) is 90.4 Å². The summed E-state index contributed by atoms with van der Waals surface area (Å²) in [5.41, 5.74) is 1.28. The van der Waals surface area contributed by atoms with E-state index in [0.29, 0.717) is 56.0 Å². The number of carbonyl (C=O) groups excluding carboxylic acids is 3. The van der Waals surface area contributed by atoms with Crippen LogP contribution in [0.15, 0.2) is 73.8 Å². The number of likely N-dealkylation sites (tertiary alicyclic amines) is 1. The molecule has 0 radical (unpaired) electrons. The van der Waals surface area contributed by atoms with Gasteiger partial charge in [-0.15, -0.1) is 13.2 Å². The number of amides is 3. The Morgan fingerprint density at radius 3 is 2.47 bits per heavy atom. The third-order valence-electron chi connectivity index (χ3n) is 9.54. The zero-order valence-electron chi connectivity index (χ0n) is 26.1. The minimum Gasteiger partial charge on any atom is -0.396 e. The van der Waals surface area contributed by atoms with E-state index in [9.17, 15) is 19.5 Å². The molecule has 5 rings (SSSR count). The number of aryl methyl sites for hydroxylation is 1. The fraction of sp³-hybridized carbons (Fsp3) is 0.472. The van der Waals surface area contributed by atoms with Gasteiger partial charge in [-0.05, 0) is 49.8 Å². The summed E-state index contributed by atoms with van der Waals surface area (Å²) in [6.45, 7) is 11.1.